The van der Waals surface area contributed by atoms with E-state index < -0.39 is 0 Å². The normalized spacial score (nSPS) is 10.1. The highest BCUT2D eigenvalue weighted by Crippen LogP contribution is 2.36. The topological polar surface area (TPSA) is 35.2 Å². The molecule has 6 heteroatoms. The van der Waals surface area contributed by atoms with Crippen LogP contribution in [0.2, 0.25) is 0 Å². The summed E-state index contributed by atoms with van der Waals surface area (Å²) >= 11 is 15.0. The predicted molar refractivity (Wildman–Crippen MR) is 76.4 cm³/mol. The quantitative estimate of drug-likeness (QED) is 0.751. The minimum absolute atomic E-state index is 0.458. The fourth-order valence-electron chi connectivity index (χ4n) is 0.921. The van der Waals surface area contributed by atoms with Crippen molar-refractivity contribution in [1.82, 2.24) is 0 Å². The molecule has 0 aliphatic rings. The van der Waals surface area contributed by atoms with Crippen molar-refractivity contribution in [3.63, 3.8) is 0 Å². The van der Waals surface area contributed by atoms with Gasteiger partial charge in [0.25, 0.3) is 0 Å². The second-order valence-corrected chi connectivity index (χ2v) is 5.91. The molecule has 0 saturated carbocycles. The van der Waals surface area contributed by atoms with Crippen molar-refractivity contribution in [1.29, 1.82) is 0 Å². The molecule has 1 rings (SSSR count). The Morgan fingerprint density at radius 2 is 1.80 bits per heavy atom. The minimum Gasteiger partial charge on any atom is -0.491 e. The van der Waals surface area contributed by atoms with E-state index in [1.165, 1.54) is 0 Å². The van der Waals surface area contributed by atoms with Gasteiger partial charge in [0.2, 0.25) is 0 Å². The van der Waals surface area contributed by atoms with Gasteiger partial charge in [-0.3, -0.25) is 0 Å². The van der Waals surface area contributed by atoms with Crippen molar-refractivity contribution in [2.75, 3.05) is 6.61 Å². The molecule has 0 atom stereocenters. The third-order valence-corrected chi connectivity index (χ3v) is 3.40. The fourth-order valence-corrected chi connectivity index (χ4v) is 3.49. The largest absolute Gasteiger partial charge is 0.491 e. The van der Waals surface area contributed by atoms with E-state index in [0.717, 1.165) is 19.2 Å². The first-order valence-corrected chi connectivity index (χ1v) is 6.85. The molecule has 82 valence electrons. The predicted octanol–water partition coefficient (Wildman–Crippen LogP) is 4.03. The SMILES string of the molecule is NC(=S)CCOc1c(Br)cc(Br)cc1Br. The summed E-state index contributed by atoms with van der Waals surface area (Å²) in [6, 6.07) is 3.84. The molecule has 0 spiro atoms. The average Bonchev–Trinajstić information content (AvgIpc) is 2.08. The molecule has 0 saturated heterocycles. The maximum absolute atomic E-state index is 5.55. The Morgan fingerprint density at radius 3 is 2.27 bits per heavy atom. The van der Waals surface area contributed by atoms with E-state index in [9.17, 15) is 0 Å². The van der Waals surface area contributed by atoms with Crippen molar-refractivity contribution in [2.45, 2.75) is 6.42 Å². The van der Waals surface area contributed by atoms with Gasteiger partial charge in [0.1, 0.15) is 5.75 Å². The summed E-state index contributed by atoms with van der Waals surface area (Å²) < 4.78 is 8.29. The van der Waals surface area contributed by atoms with Gasteiger partial charge in [0.15, 0.2) is 0 Å². The van der Waals surface area contributed by atoms with Crippen LogP contribution in [0.3, 0.4) is 0 Å². The molecule has 0 fully saturated rings. The van der Waals surface area contributed by atoms with Crippen molar-refractivity contribution < 1.29 is 4.74 Å². The van der Waals surface area contributed by atoms with Crippen LogP contribution < -0.4 is 10.5 Å². The summed E-state index contributed by atoms with van der Waals surface area (Å²) in [6.45, 7) is 0.480. The zero-order valence-electron chi connectivity index (χ0n) is 7.60. The lowest BCUT2D eigenvalue weighted by Gasteiger charge is -2.10. The Balaban J connectivity index is 2.72. The van der Waals surface area contributed by atoms with E-state index >= 15 is 0 Å². The summed E-state index contributed by atoms with van der Waals surface area (Å²) in [6.07, 6.45) is 0.574. The Morgan fingerprint density at radius 1 is 1.27 bits per heavy atom. The van der Waals surface area contributed by atoms with Crippen LogP contribution in [0.25, 0.3) is 0 Å². The van der Waals surface area contributed by atoms with Crippen LogP contribution in [0.4, 0.5) is 0 Å². The lowest BCUT2D eigenvalue weighted by atomic mass is 10.3. The highest BCUT2D eigenvalue weighted by molar-refractivity contribution is 9.11. The molecule has 0 aliphatic heterocycles. The second-order valence-electron chi connectivity index (χ2n) is 2.76. The van der Waals surface area contributed by atoms with Crippen LogP contribution in [0, 0.1) is 0 Å². The van der Waals surface area contributed by atoms with Gasteiger partial charge >= 0.3 is 0 Å². The summed E-state index contributed by atoms with van der Waals surface area (Å²) in [5, 5.41) is 0. The molecule has 1 aromatic carbocycles. The molecular formula is C9H8Br3NOS. The van der Waals surface area contributed by atoms with E-state index in [1.54, 1.807) is 0 Å². The number of nitrogens with two attached hydrogens (primary N) is 1. The molecule has 0 bridgehead atoms. The summed E-state index contributed by atoms with van der Waals surface area (Å²) in [7, 11) is 0. The molecule has 0 amide bonds. The number of halogens is 3. The lowest BCUT2D eigenvalue weighted by molar-refractivity contribution is 0.325. The van der Waals surface area contributed by atoms with Crippen LogP contribution >= 0.6 is 60.0 Å². The first kappa shape index (κ1) is 13.4. The smallest absolute Gasteiger partial charge is 0.147 e. The lowest BCUT2D eigenvalue weighted by Crippen LogP contribution is -2.12. The number of thiocarbonyl (C=S) groups is 1. The van der Waals surface area contributed by atoms with Crippen LogP contribution in [-0.2, 0) is 0 Å². The molecular weight excluding hydrogens is 410 g/mol. The first-order valence-electron chi connectivity index (χ1n) is 4.06. The monoisotopic (exact) mass is 415 g/mol. The van der Waals surface area contributed by atoms with Gasteiger partial charge in [-0.25, -0.2) is 0 Å². The van der Waals surface area contributed by atoms with E-state index in [4.69, 9.17) is 22.7 Å². The van der Waals surface area contributed by atoms with Crippen molar-refractivity contribution in [2.24, 2.45) is 5.73 Å². The van der Waals surface area contributed by atoms with E-state index in [0.29, 0.717) is 18.0 Å². The molecule has 2 N–H and O–H groups in total. The van der Waals surface area contributed by atoms with Crippen LogP contribution in [0.5, 0.6) is 5.75 Å². The first-order chi connectivity index (χ1) is 7.00. The maximum Gasteiger partial charge on any atom is 0.147 e. The Hall–Kier alpha value is 0.350. The van der Waals surface area contributed by atoms with Gasteiger partial charge in [0.05, 0.1) is 20.5 Å². The molecule has 2 nitrogen and oxygen atoms in total. The van der Waals surface area contributed by atoms with Crippen LogP contribution in [0.1, 0.15) is 6.42 Å². The number of hydrogen-bond donors (Lipinski definition) is 1. The molecule has 0 aliphatic carbocycles. The van der Waals surface area contributed by atoms with Gasteiger partial charge < -0.3 is 10.5 Å². The molecule has 0 unspecified atom stereocenters. The zero-order chi connectivity index (χ0) is 11.4. The standard InChI is InChI=1S/C9H8Br3NOS/c10-5-3-6(11)9(7(12)4-5)14-2-1-8(13)15/h3-4H,1-2H2,(H2,13,15). The number of benzene rings is 1. The Labute approximate surface area is 119 Å². The molecule has 1 aromatic rings. The summed E-state index contributed by atoms with van der Waals surface area (Å²) in [5.41, 5.74) is 5.38. The zero-order valence-corrected chi connectivity index (χ0v) is 13.2. The molecule has 0 radical (unpaired) electrons. The molecule has 0 aromatic heterocycles. The van der Waals surface area contributed by atoms with Crippen LogP contribution in [0.15, 0.2) is 25.6 Å². The summed E-state index contributed by atoms with van der Waals surface area (Å²) in [4.78, 5) is 0.458. The van der Waals surface area contributed by atoms with Gasteiger partial charge in [-0.15, -0.1) is 0 Å². The maximum atomic E-state index is 5.55. The van der Waals surface area contributed by atoms with E-state index in [1.807, 2.05) is 12.1 Å². The number of hydrogen-bond acceptors (Lipinski definition) is 2. The highest BCUT2D eigenvalue weighted by Gasteiger charge is 2.07. The average molecular weight is 418 g/mol. The number of ether oxygens (including phenoxy) is 1. The van der Waals surface area contributed by atoms with Crippen molar-refractivity contribution in [3.8, 4) is 5.75 Å². The highest BCUT2D eigenvalue weighted by atomic mass is 79.9. The Kier molecular flexibility index (Phi) is 5.52. The van der Waals surface area contributed by atoms with Gasteiger partial charge in [-0.05, 0) is 44.0 Å². The van der Waals surface area contributed by atoms with Gasteiger partial charge in [0, 0.05) is 10.9 Å². The van der Waals surface area contributed by atoms with Crippen molar-refractivity contribution in [3.05, 3.63) is 25.6 Å². The molecule has 15 heavy (non-hydrogen) atoms. The molecule has 0 heterocycles. The minimum atomic E-state index is 0.458. The summed E-state index contributed by atoms with van der Waals surface area (Å²) in [5.74, 6) is 0.759. The van der Waals surface area contributed by atoms with Gasteiger partial charge in [-0.2, -0.15) is 0 Å². The van der Waals surface area contributed by atoms with Crippen molar-refractivity contribution >= 4 is 65.0 Å². The number of rotatable bonds is 4. The third-order valence-electron chi connectivity index (χ3n) is 1.56. The van der Waals surface area contributed by atoms with E-state index in [-0.39, 0.29) is 0 Å². The van der Waals surface area contributed by atoms with E-state index in [2.05, 4.69) is 47.8 Å². The second kappa shape index (κ2) is 6.18. The van der Waals surface area contributed by atoms with Crippen LogP contribution in [-0.4, -0.2) is 11.6 Å². The Bertz CT molecular complexity index is 361. The third kappa shape index (κ3) is 4.38. The fraction of sp³-hybridized carbons (Fsp3) is 0.222. The van der Waals surface area contributed by atoms with Gasteiger partial charge in [-0.1, -0.05) is 28.1 Å².